The van der Waals surface area contributed by atoms with Crippen LogP contribution < -0.4 is 0 Å². The van der Waals surface area contributed by atoms with Gasteiger partial charge in [0, 0.05) is 19.9 Å². The van der Waals surface area contributed by atoms with Crippen LogP contribution in [0.4, 0.5) is 0 Å². The van der Waals surface area contributed by atoms with Gasteiger partial charge in [-0.25, -0.2) is 4.98 Å². The highest BCUT2D eigenvalue weighted by Crippen LogP contribution is 2.20. The number of carbonyl (C=O) groups excluding carboxylic acids is 1. The lowest BCUT2D eigenvalue weighted by atomic mass is 9.99. The van der Waals surface area contributed by atoms with Crippen LogP contribution in [-0.4, -0.2) is 35.3 Å². The Morgan fingerprint density at radius 1 is 1.44 bits per heavy atom. The van der Waals surface area contributed by atoms with Gasteiger partial charge in [0.2, 0.25) is 0 Å². The molecule has 0 bridgehead atoms. The zero-order valence-electron chi connectivity index (χ0n) is 11.5. The summed E-state index contributed by atoms with van der Waals surface area (Å²) in [6.07, 6.45) is 3.61. The molecule has 0 N–H and O–H groups in total. The van der Waals surface area contributed by atoms with Gasteiger partial charge in [-0.2, -0.15) is 0 Å². The molecule has 0 saturated carbocycles. The van der Waals surface area contributed by atoms with Crippen molar-refractivity contribution in [1.29, 1.82) is 0 Å². The van der Waals surface area contributed by atoms with Crippen LogP contribution in [0.3, 0.4) is 0 Å². The Morgan fingerprint density at radius 2 is 2.11 bits per heavy atom. The largest absolute Gasteiger partial charge is 0.303 e. The molecular formula is C14H22N2OS. The summed E-state index contributed by atoms with van der Waals surface area (Å²) in [5, 5.41) is 1.11. The van der Waals surface area contributed by atoms with Gasteiger partial charge in [-0.05, 0) is 38.8 Å². The maximum Gasteiger partial charge on any atom is 0.171 e. The lowest BCUT2D eigenvalue weighted by molar-refractivity contribution is 0.102. The summed E-state index contributed by atoms with van der Waals surface area (Å²) < 4.78 is 0. The van der Waals surface area contributed by atoms with Crippen LogP contribution in [0.15, 0.2) is 0 Å². The van der Waals surface area contributed by atoms with Gasteiger partial charge in [-0.3, -0.25) is 4.79 Å². The minimum atomic E-state index is 0.142. The number of rotatable bonds is 4. The number of Topliss-reactive ketones (excluding diaryl/α,β-unsaturated/α-hetero) is 1. The van der Waals surface area contributed by atoms with Gasteiger partial charge in [0.15, 0.2) is 5.78 Å². The predicted molar refractivity (Wildman–Crippen MR) is 75.4 cm³/mol. The molecule has 2 heterocycles. The molecule has 0 radical (unpaired) electrons. The Kier molecular flexibility index (Phi) is 4.51. The Hall–Kier alpha value is -0.740. The molecule has 0 amide bonds. The molecule has 1 aromatic rings. The number of carbonyl (C=O) groups is 1. The van der Waals surface area contributed by atoms with Gasteiger partial charge in [0.05, 0.1) is 15.6 Å². The molecule has 0 atom stereocenters. The first-order valence-electron chi connectivity index (χ1n) is 6.76. The third-order valence-electron chi connectivity index (χ3n) is 3.68. The van der Waals surface area contributed by atoms with Crippen molar-refractivity contribution in [3.8, 4) is 0 Å². The van der Waals surface area contributed by atoms with Crippen molar-refractivity contribution >= 4 is 17.1 Å². The molecule has 0 spiro atoms. The molecule has 0 aliphatic carbocycles. The Morgan fingerprint density at radius 3 is 2.67 bits per heavy atom. The van der Waals surface area contributed by atoms with E-state index in [1.54, 1.807) is 18.3 Å². The molecule has 0 aromatic carbocycles. The molecule has 1 aliphatic rings. The van der Waals surface area contributed by atoms with Crippen LogP contribution >= 0.6 is 11.3 Å². The number of ketones is 1. The third kappa shape index (κ3) is 3.39. The number of nitrogens with zero attached hydrogens (tertiary/aromatic N) is 2. The van der Waals surface area contributed by atoms with E-state index >= 15 is 0 Å². The molecule has 1 fully saturated rings. The predicted octanol–water partition coefficient (Wildman–Crippen LogP) is 2.93. The van der Waals surface area contributed by atoms with Crippen LogP contribution in [0.5, 0.6) is 0 Å². The molecule has 1 aliphatic heterocycles. The first-order valence-corrected chi connectivity index (χ1v) is 7.57. The van der Waals surface area contributed by atoms with Gasteiger partial charge in [-0.1, -0.05) is 6.92 Å². The minimum absolute atomic E-state index is 0.142. The average Bonchev–Trinajstić information content (AvgIpc) is 2.70. The number of hydrogen-bond acceptors (Lipinski definition) is 4. The summed E-state index contributed by atoms with van der Waals surface area (Å²) in [6, 6.07) is 0. The van der Waals surface area contributed by atoms with Crippen molar-refractivity contribution in [3.05, 3.63) is 15.6 Å². The minimum Gasteiger partial charge on any atom is -0.303 e. The van der Waals surface area contributed by atoms with E-state index in [4.69, 9.17) is 0 Å². The lowest BCUT2D eigenvalue weighted by Crippen LogP contribution is -2.34. The number of hydrogen-bond donors (Lipinski definition) is 0. The number of thiazole rings is 1. The quantitative estimate of drug-likeness (QED) is 0.786. The van der Waals surface area contributed by atoms with E-state index in [-0.39, 0.29) is 5.78 Å². The monoisotopic (exact) mass is 266 g/mol. The van der Waals surface area contributed by atoms with Crippen molar-refractivity contribution in [3.63, 3.8) is 0 Å². The van der Waals surface area contributed by atoms with Gasteiger partial charge in [-0.15, -0.1) is 11.3 Å². The van der Waals surface area contributed by atoms with Crippen LogP contribution in [-0.2, 0) is 6.42 Å². The highest BCUT2D eigenvalue weighted by Gasteiger charge is 2.16. The normalized spacial score (nSPS) is 18.2. The van der Waals surface area contributed by atoms with Crippen molar-refractivity contribution in [1.82, 2.24) is 9.88 Å². The topological polar surface area (TPSA) is 33.2 Å². The molecule has 1 saturated heterocycles. The summed E-state index contributed by atoms with van der Waals surface area (Å²) in [7, 11) is 0. The molecule has 1 aromatic heterocycles. The van der Waals surface area contributed by atoms with Crippen LogP contribution in [0.25, 0.3) is 0 Å². The first-order chi connectivity index (χ1) is 8.56. The van der Waals surface area contributed by atoms with Crippen LogP contribution in [0.2, 0.25) is 0 Å². The fourth-order valence-corrected chi connectivity index (χ4v) is 3.37. The van der Waals surface area contributed by atoms with Gasteiger partial charge < -0.3 is 4.90 Å². The fraction of sp³-hybridized carbons (Fsp3) is 0.714. The molecule has 18 heavy (non-hydrogen) atoms. The highest BCUT2D eigenvalue weighted by atomic mass is 32.1. The van der Waals surface area contributed by atoms with E-state index in [1.807, 2.05) is 6.92 Å². The van der Waals surface area contributed by atoms with E-state index in [2.05, 4.69) is 16.8 Å². The van der Waals surface area contributed by atoms with E-state index < -0.39 is 0 Å². The number of aryl methyl sites for hydroxylation is 1. The zero-order valence-corrected chi connectivity index (χ0v) is 12.3. The molecule has 0 unspecified atom stereocenters. The zero-order chi connectivity index (χ0) is 13.1. The molecular weight excluding hydrogens is 244 g/mol. The van der Waals surface area contributed by atoms with Gasteiger partial charge in [0.25, 0.3) is 0 Å². The number of likely N-dealkylation sites (tertiary alicyclic amines) is 1. The Labute approximate surface area is 113 Å². The van der Waals surface area contributed by atoms with Crippen molar-refractivity contribution in [2.75, 3.05) is 19.6 Å². The second-order valence-electron chi connectivity index (χ2n) is 5.35. The van der Waals surface area contributed by atoms with Gasteiger partial charge in [0.1, 0.15) is 0 Å². The van der Waals surface area contributed by atoms with Crippen LogP contribution in [0, 0.1) is 12.8 Å². The number of piperidine rings is 1. The maximum atomic E-state index is 11.4. The lowest BCUT2D eigenvalue weighted by Gasteiger charge is -2.29. The summed E-state index contributed by atoms with van der Waals surface area (Å²) in [5.41, 5.74) is 0.898. The van der Waals surface area contributed by atoms with E-state index in [9.17, 15) is 4.79 Å². The second-order valence-corrected chi connectivity index (χ2v) is 6.44. The Balaban J connectivity index is 1.86. The Bertz CT molecular complexity index is 419. The smallest absolute Gasteiger partial charge is 0.171 e. The molecule has 100 valence electrons. The average molecular weight is 266 g/mol. The number of aromatic nitrogens is 1. The van der Waals surface area contributed by atoms with Crippen molar-refractivity contribution in [2.45, 2.75) is 40.0 Å². The van der Waals surface area contributed by atoms with Crippen LogP contribution in [0.1, 0.15) is 47.1 Å². The summed E-state index contributed by atoms with van der Waals surface area (Å²) in [4.78, 5) is 19.2. The SMILES string of the molecule is CC(=O)c1sc(CCN2CCC(C)CC2)nc1C. The molecule has 2 rings (SSSR count). The van der Waals surface area contributed by atoms with Crippen molar-refractivity contribution < 1.29 is 4.79 Å². The molecule has 3 nitrogen and oxygen atoms in total. The summed E-state index contributed by atoms with van der Waals surface area (Å²) >= 11 is 1.57. The second kappa shape index (κ2) is 5.93. The maximum absolute atomic E-state index is 11.4. The standard InChI is InChI=1S/C14H22N2OS/c1-10-4-7-16(8-5-10)9-6-13-15-11(2)14(18-13)12(3)17/h10H,4-9H2,1-3H3. The summed E-state index contributed by atoms with van der Waals surface area (Å²) in [6.45, 7) is 9.39. The van der Waals surface area contributed by atoms with E-state index in [0.29, 0.717) is 0 Å². The van der Waals surface area contributed by atoms with Crippen molar-refractivity contribution in [2.24, 2.45) is 5.92 Å². The van der Waals surface area contributed by atoms with E-state index in [1.165, 1.54) is 25.9 Å². The van der Waals surface area contributed by atoms with E-state index in [0.717, 1.165) is 34.5 Å². The third-order valence-corrected chi connectivity index (χ3v) is 5.00. The first kappa shape index (κ1) is 13.7. The highest BCUT2D eigenvalue weighted by molar-refractivity contribution is 7.13. The fourth-order valence-electron chi connectivity index (χ4n) is 2.43. The summed E-state index contributed by atoms with van der Waals surface area (Å²) in [5.74, 6) is 1.02. The molecule has 4 heteroatoms. The van der Waals surface area contributed by atoms with Gasteiger partial charge >= 0.3 is 0 Å².